The maximum atomic E-state index is 6.52. The van der Waals surface area contributed by atoms with Gasteiger partial charge < -0.3 is 10.5 Å². The summed E-state index contributed by atoms with van der Waals surface area (Å²) in [7, 11) is 0. The Balaban J connectivity index is 1.72. The van der Waals surface area contributed by atoms with E-state index in [2.05, 4.69) is 61.5 Å². The molecule has 0 aromatic heterocycles. The average Bonchev–Trinajstić information content (AvgIpc) is 2.70. The van der Waals surface area contributed by atoms with Crippen LogP contribution < -0.4 is 10.5 Å². The molecule has 0 saturated heterocycles. The lowest BCUT2D eigenvalue weighted by molar-refractivity contribution is 0.0746. The number of hydrogen-bond acceptors (Lipinski definition) is 2. The summed E-state index contributed by atoms with van der Waals surface area (Å²) in [6.07, 6.45) is 12.0. The fourth-order valence-electron chi connectivity index (χ4n) is 4.24. The van der Waals surface area contributed by atoms with Gasteiger partial charge in [0.1, 0.15) is 11.9 Å². The fraction of sp³-hybridized carbons (Fsp3) is 0.440. The monoisotopic (exact) mass is 363 g/mol. The minimum absolute atomic E-state index is 0.0238. The van der Waals surface area contributed by atoms with Crippen molar-refractivity contribution in [3.63, 3.8) is 0 Å². The molecule has 2 heteroatoms. The summed E-state index contributed by atoms with van der Waals surface area (Å²) in [4.78, 5) is 0. The molecule has 3 rings (SSSR count). The predicted octanol–water partition coefficient (Wildman–Crippen LogP) is 6.22. The van der Waals surface area contributed by atoms with Gasteiger partial charge in [0.15, 0.2) is 0 Å². The molecule has 0 heterocycles. The summed E-state index contributed by atoms with van der Waals surface area (Å²) in [6.45, 7) is 4.25. The van der Waals surface area contributed by atoms with Gasteiger partial charge in [0, 0.05) is 17.0 Å². The normalized spacial score (nSPS) is 21.6. The summed E-state index contributed by atoms with van der Waals surface area (Å²) in [5.41, 5.74) is 8.77. The van der Waals surface area contributed by atoms with E-state index in [4.69, 9.17) is 10.5 Å². The van der Waals surface area contributed by atoms with Crippen molar-refractivity contribution >= 4 is 0 Å². The van der Waals surface area contributed by atoms with Gasteiger partial charge in [0.25, 0.3) is 0 Å². The second kappa shape index (κ2) is 9.23. The zero-order chi connectivity index (χ0) is 19.1. The second-order valence-electron chi connectivity index (χ2n) is 7.95. The number of rotatable bonds is 8. The summed E-state index contributed by atoms with van der Waals surface area (Å²) in [6, 6.07) is 19.0. The van der Waals surface area contributed by atoms with Crippen LogP contribution in [0.4, 0.5) is 0 Å². The van der Waals surface area contributed by atoms with Crippen LogP contribution in [0.15, 0.2) is 66.7 Å². The van der Waals surface area contributed by atoms with E-state index in [0.717, 1.165) is 24.2 Å². The highest BCUT2D eigenvalue weighted by Crippen LogP contribution is 2.41. The SMILES string of the molecule is CC(N)c1ccccc1OC(C)C1(CCCc2ccccc2)C=CCCC1. The Morgan fingerprint density at radius 1 is 1.04 bits per heavy atom. The molecule has 0 spiro atoms. The Morgan fingerprint density at radius 3 is 2.48 bits per heavy atom. The minimum atomic E-state index is -0.0238. The molecule has 2 aromatic carbocycles. The number of aryl methyl sites for hydroxylation is 1. The van der Waals surface area contributed by atoms with Crippen LogP contribution in [0.2, 0.25) is 0 Å². The first-order valence-corrected chi connectivity index (χ1v) is 10.3. The first-order valence-electron chi connectivity index (χ1n) is 10.3. The number of nitrogens with two attached hydrogens (primary N) is 1. The fourth-order valence-corrected chi connectivity index (χ4v) is 4.24. The Hall–Kier alpha value is -2.06. The number of hydrogen-bond donors (Lipinski definition) is 1. The van der Waals surface area contributed by atoms with E-state index in [1.54, 1.807) is 0 Å². The Bertz CT molecular complexity index is 737. The van der Waals surface area contributed by atoms with Gasteiger partial charge in [-0.1, -0.05) is 60.7 Å². The van der Waals surface area contributed by atoms with Crippen molar-refractivity contribution in [2.75, 3.05) is 0 Å². The maximum absolute atomic E-state index is 6.52. The van der Waals surface area contributed by atoms with Crippen molar-refractivity contribution in [3.05, 3.63) is 77.9 Å². The molecule has 0 amide bonds. The molecule has 0 radical (unpaired) electrons. The van der Waals surface area contributed by atoms with Crippen molar-refractivity contribution in [2.24, 2.45) is 11.1 Å². The molecule has 3 unspecified atom stereocenters. The number of para-hydroxylation sites is 1. The van der Waals surface area contributed by atoms with Crippen LogP contribution in [0.1, 0.15) is 63.1 Å². The molecule has 1 aliphatic rings. The smallest absolute Gasteiger partial charge is 0.124 e. The van der Waals surface area contributed by atoms with E-state index in [9.17, 15) is 0 Å². The van der Waals surface area contributed by atoms with Crippen molar-refractivity contribution < 1.29 is 4.74 Å². The lowest BCUT2D eigenvalue weighted by Gasteiger charge is -2.39. The maximum Gasteiger partial charge on any atom is 0.124 e. The zero-order valence-corrected chi connectivity index (χ0v) is 16.7. The van der Waals surface area contributed by atoms with Crippen LogP contribution in [-0.2, 0) is 6.42 Å². The van der Waals surface area contributed by atoms with Gasteiger partial charge in [-0.3, -0.25) is 0 Å². The van der Waals surface area contributed by atoms with E-state index in [-0.39, 0.29) is 17.6 Å². The van der Waals surface area contributed by atoms with E-state index < -0.39 is 0 Å². The molecule has 2 aromatic rings. The van der Waals surface area contributed by atoms with Crippen LogP contribution in [0.5, 0.6) is 5.75 Å². The lowest BCUT2D eigenvalue weighted by Crippen LogP contribution is -2.37. The molecule has 2 N–H and O–H groups in total. The number of allylic oxidation sites excluding steroid dienone is 1. The van der Waals surface area contributed by atoms with Gasteiger partial charge in [0.2, 0.25) is 0 Å². The molecular weight excluding hydrogens is 330 g/mol. The van der Waals surface area contributed by atoms with Gasteiger partial charge in [-0.05, 0) is 64.0 Å². The van der Waals surface area contributed by atoms with Crippen molar-refractivity contribution in [3.8, 4) is 5.75 Å². The van der Waals surface area contributed by atoms with Crippen LogP contribution in [-0.4, -0.2) is 6.10 Å². The van der Waals surface area contributed by atoms with E-state index in [0.29, 0.717) is 0 Å². The molecule has 2 nitrogen and oxygen atoms in total. The van der Waals surface area contributed by atoms with Crippen LogP contribution in [0, 0.1) is 5.41 Å². The van der Waals surface area contributed by atoms with E-state index in [1.807, 2.05) is 19.1 Å². The Kier molecular flexibility index (Phi) is 6.73. The van der Waals surface area contributed by atoms with Crippen LogP contribution >= 0.6 is 0 Å². The molecule has 1 aliphatic carbocycles. The van der Waals surface area contributed by atoms with Gasteiger partial charge >= 0.3 is 0 Å². The third-order valence-electron chi connectivity index (χ3n) is 5.94. The minimum Gasteiger partial charge on any atom is -0.489 e. The summed E-state index contributed by atoms with van der Waals surface area (Å²) in [5, 5.41) is 0. The van der Waals surface area contributed by atoms with Gasteiger partial charge in [-0.15, -0.1) is 0 Å². The molecular formula is C25H33NO. The average molecular weight is 364 g/mol. The standard InChI is InChI=1S/C25H33NO/c1-20(26)23-15-7-8-16-24(23)27-21(2)25(17-9-4-10-18-25)19-11-14-22-12-5-3-6-13-22/h3,5-9,12-13,15-17,20-21H,4,10-11,14,18-19,26H2,1-2H3. The van der Waals surface area contributed by atoms with Crippen molar-refractivity contribution in [1.29, 1.82) is 0 Å². The van der Waals surface area contributed by atoms with Gasteiger partial charge in [0.05, 0.1) is 0 Å². The zero-order valence-electron chi connectivity index (χ0n) is 16.7. The molecule has 3 atom stereocenters. The highest BCUT2D eigenvalue weighted by Gasteiger charge is 2.36. The highest BCUT2D eigenvalue weighted by atomic mass is 16.5. The quantitative estimate of drug-likeness (QED) is 0.565. The third kappa shape index (κ3) is 5.01. The van der Waals surface area contributed by atoms with Crippen LogP contribution in [0.3, 0.4) is 0 Å². The Labute approximate surface area is 164 Å². The van der Waals surface area contributed by atoms with Crippen molar-refractivity contribution in [1.82, 2.24) is 0 Å². The molecule has 0 aliphatic heterocycles. The lowest BCUT2D eigenvalue weighted by atomic mass is 9.71. The molecule has 144 valence electrons. The first kappa shape index (κ1) is 19.7. The van der Waals surface area contributed by atoms with Crippen LogP contribution in [0.25, 0.3) is 0 Å². The molecule has 27 heavy (non-hydrogen) atoms. The van der Waals surface area contributed by atoms with E-state index in [1.165, 1.54) is 31.2 Å². The van der Waals surface area contributed by atoms with E-state index >= 15 is 0 Å². The van der Waals surface area contributed by atoms with Gasteiger partial charge in [-0.2, -0.15) is 0 Å². The summed E-state index contributed by atoms with van der Waals surface area (Å²) < 4.78 is 6.52. The Morgan fingerprint density at radius 2 is 1.78 bits per heavy atom. The highest BCUT2D eigenvalue weighted by molar-refractivity contribution is 5.35. The molecule has 0 saturated carbocycles. The second-order valence-corrected chi connectivity index (χ2v) is 7.95. The first-order chi connectivity index (χ1) is 13.1. The largest absolute Gasteiger partial charge is 0.489 e. The molecule has 0 bridgehead atoms. The number of ether oxygens (including phenoxy) is 1. The summed E-state index contributed by atoms with van der Waals surface area (Å²) in [5.74, 6) is 0.932. The topological polar surface area (TPSA) is 35.2 Å². The predicted molar refractivity (Wildman–Crippen MR) is 114 cm³/mol. The van der Waals surface area contributed by atoms with Crippen molar-refractivity contribution in [2.45, 2.75) is 64.5 Å². The summed E-state index contributed by atoms with van der Waals surface area (Å²) >= 11 is 0. The molecule has 0 fully saturated rings. The van der Waals surface area contributed by atoms with Gasteiger partial charge in [-0.25, -0.2) is 0 Å². The number of benzene rings is 2. The third-order valence-corrected chi connectivity index (χ3v) is 5.94.